The van der Waals surface area contributed by atoms with Crippen LogP contribution in [0.1, 0.15) is 27.7 Å². The van der Waals surface area contributed by atoms with Gasteiger partial charge in [0.1, 0.15) is 6.67 Å². The summed E-state index contributed by atoms with van der Waals surface area (Å²) >= 11 is 0. The third-order valence-corrected chi connectivity index (χ3v) is 2.14. The zero-order chi connectivity index (χ0) is 10.3. The van der Waals surface area contributed by atoms with E-state index in [0.717, 1.165) is 13.1 Å². The minimum absolute atomic E-state index is 0.274. The molecule has 0 saturated carbocycles. The monoisotopic (exact) mass is 190 g/mol. The number of halogens is 1. The molecule has 0 spiro atoms. The molecule has 3 heteroatoms. The lowest BCUT2D eigenvalue weighted by molar-refractivity contribution is 0.175. The Kier molecular flexibility index (Phi) is 7.19. The van der Waals surface area contributed by atoms with Crippen LogP contribution < -0.4 is 5.32 Å². The molecule has 0 saturated heterocycles. The Hall–Kier alpha value is -0.150. The minimum Gasteiger partial charge on any atom is -0.313 e. The molecular formula is C10H23FN2. The van der Waals surface area contributed by atoms with Crippen molar-refractivity contribution in [3.63, 3.8) is 0 Å². The molecule has 0 aromatic heterocycles. The van der Waals surface area contributed by atoms with Crippen molar-refractivity contribution in [1.82, 2.24) is 10.2 Å². The molecule has 0 rings (SSSR count). The number of nitrogens with one attached hydrogen (secondary N) is 1. The summed E-state index contributed by atoms with van der Waals surface area (Å²) in [6.07, 6.45) is 0. The summed E-state index contributed by atoms with van der Waals surface area (Å²) in [5.74, 6) is 0. The van der Waals surface area contributed by atoms with E-state index in [1.165, 1.54) is 0 Å². The van der Waals surface area contributed by atoms with Gasteiger partial charge in [0.15, 0.2) is 0 Å². The quantitative estimate of drug-likeness (QED) is 0.614. The molecule has 2 nitrogen and oxygen atoms in total. The maximum atomic E-state index is 11.8. The average Bonchev–Trinajstić information content (AvgIpc) is 2.02. The molecule has 0 aliphatic rings. The second-order valence-corrected chi connectivity index (χ2v) is 3.86. The SMILES string of the molecule is CC(C)N(CCNCCF)C(C)C. The van der Waals surface area contributed by atoms with Crippen molar-refractivity contribution in [2.75, 3.05) is 26.3 Å². The molecule has 0 heterocycles. The number of rotatable bonds is 7. The van der Waals surface area contributed by atoms with E-state index in [0.29, 0.717) is 18.6 Å². The van der Waals surface area contributed by atoms with Crippen LogP contribution in [-0.4, -0.2) is 43.3 Å². The van der Waals surface area contributed by atoms with Gasteiger partial charge in [0.2, 0.25) is 0 Å². The number of nitrogens with zero attached hydrogens (tertiary/aromatic N) is 1. The summed E-state index contributed by atoms with van der Waals surface area (Å²) in [6.45, 7) is 10.8. The standard InChI is InChI=1S/C10H23FN2/c1-9(2)13(10(3)4)8-7-12-6-5-11/h9-10,12H,5-8H2,1-4H3. The van der Waals surface area contributed by atoms with Crippen LogP contribution in [0.4, 0.5) is 4.39 Å². The van der Waals surface area contributed by atoms with Crippen LogP contribution >= 0.6 is 0 Å². The topological polar surface area (TPSA) is 15.3 Å². The summed E-state index contributed by atoms with van der Waals surface area (Å²) in [6, 6.07) is 1.12. The predicted molar refractivity (Wildman–Crippen MR) is 55.8 cm³/mol. The van der Waals surface area contributed by atoms with E-state index in [1.54, 1.807) is 0 Å². The predicted octanol–water partition coefficient (Wildman–Crippen LogP) is 1.66. The molecule has 0 radical (unpaired) electrons. The van der Waals surface area contributed by atoms with Gasteiger partial charge in [-0.2, -0.15) is 0 Å². The molecular weight excluding hydrogens is 167 g/mol. The summed E-state index contributed by atoms with van der Waals surface area (Å²) in [4.78, 5) is 2.39. The van der Waals surface area contributed by atoms with Gasteiger partial charge in [-0.05, 0) is 27.7 Å². The molecule has 0 aliphatic heterocycles. The fraction of sp³-hybridized carbons (Fsp3) is 1.00. The lowest BCUT2D eigenvalue weighted by Gasteiger charge is -2.30. The summed E-state index contributed by atoms with van der Waals surface area (Å²) < 4.78 is 11.8. The van der Waals surface area contributed by atoms with E-state index < -0.39 is 0 Å². The van der Waals surface area contributed by atoms with Crippen molar-refractivity contribution in [3.8, 4) is 0 Å². The Labute approximate surface area is 81.5 Å². The third-order valence-electron chi connectivity index (χ3n) is 2.14. The zero-order valence-corrected chi connectivity index (χ0v) is 9.31. The first-order valence-corrected chi connectivity index (χ1v) is 5.12. The molecule has 0 aliphatic carbocycles. The normalized spacial score (nSPS) is 12.0. The molecule has 0 bridgehead atoms. The van der Waals surface area contributed by atoms with Crippen LogP contribution in [0.2, 0.25) is 0 Å². The molecule has 13 heavy (non-hydrogen) atoms. The fourth-order valence-electron chi connectivity index (χ4n) is 1.51. The molecule has 1 N–H and O–H groups in total. The molecule has 0 aromatic carbocycles. The second kappa shape index (κ2) is 7.27. The van der Waals surface area contributed by atoms with Crippen molar-refractivity contribution in [3.05, 3.63) is 0 Å². The Morgan fingerprint density at radius 2 is 1.62 bits per heavy atom. The molecule has 0 amide bonds. The van der Waals surface area contributed by atoms with Crippen LogP contribution in [0.15, 0.2) is 0 Å². The fourth-order valence-corrected chi connectivity index (χ4v) is 1.51. The second-order valence-electron chi connectivity index (χ2n) is 3.86. The largest absolute Gasteiger partial charge is 0.313 e. The van der Waals surface area contributed by atoms with Crippen LogP contribution in [0.3, 0.4) is 0 Å². The van der Waals surface area contributed by atoms with Gasteiger partial charge in [0.25, 0.3) is 0 Å². The van der Waals surface area contributed by atoms with Crippen molar-refractivity contribution in [2.45, 2.75) is 39.8 Å². The van der Waals surface area contributed by atoms with Crippen molar-refractivity contribution >= 4 is 0 Å². The van der Waals surface area contributed by atoms with E-state index in [4.69, 9.17) is 0 Å². The van der Waals surface area contributed by atoms with E-state index in [1.807, 2.05) is 0 Å². The molecule has 0 fully saturated rings. The Morgan fingerprint density at radius 3 is 2.00 bits per heavy atom. The zero-order valence-electron chi connectivity index (χ0n) is 9.31. The highest BCUT2D eigenvalue weighted by Crippen LogP contribution is 2.02. The molecule has 0 aromatic rings. The number of alkyl halides is 1. The van der Waals surface area contributed by atoms with E-state index in [2.05, 4.69) is 37.9 Å². The van der Waals surface area contributed by atoms with E-state index in [9.17, 15) is 4.39 Å². The Balaban J connectivity index is 3.58. The van der Waals surface area contributed by atoms with Gasteiger partial charge in [0.05, 0.1) is 0 Å². The highest BCUT2D eigenvalue weighted by molar-refractivity contribution is 4.68. The summed E-state index contributed by atoms with van der Waals surface area (Å²) in [5, 5.41) is 3.06. The van der Waals surface area contributed by atoms with Gasteiger partial charge in [-0.3, -0.25) is 4.90 Å². The first kappa shape index (κ1) is 12.8. The van der Waals surface area contributed by atoms with E-state index >= 15 is 0 Å². The van der Waals surface area contributed by atoms with Crippen LogP contribution in [0.5, 0.6) is 0 Å². The number of hydrogen-bond donors (Lipinski definition) is 1. The first-order valence-electron chi connectivity index (χ1n) is 5.12. The van der Waals surface area contributed by atoms with Crippen LogP contribution in [0, 0.1) is 0 Å². The molecule has 0 unspecified atom stereocenters. The smallest absolute Gasteiger partial charge is 0.102 e. The Bertz CT molecular complexity index is 107. The molecule has 80 valence electrons. The Morgan fingerprint density at radius 1 is 1.08 bits per heavy atom. The van der Waals surface area contributed by atoms with Crippen molar-refractivity contribution in [2.24, 2.45) is 0 Å². The number of hydrogen-bond acceptors (Lipinski definition) is 2. The van der Waals surface area contributed by atoms with Gasteiger partial charge < -0.3 is 5.32 Å². The van der Waals surface area contributed by atoms with Crippen LogP contribution in [0.25, 0.3) is 0 Å². The van der Waals surface area contributed by atoms with Gasteiger partial charge >= 0.3 is 0 Å². The lowest BCUT2D eigenvalue weighted by atomic mass is 10.2. The maximum Gasteiger partial charge on any atom is 0.102 e. The van der Waals surface area contributed by atoms with E-state index in [-0.39, 0.29) is 6.67 Å². The van der Waals surface area contributed by atoms with Gasteiger partial charge in [-0.15, -0.1) is 0 Å². The highest BCUT2D eigenvalue weighted by atomic mass is 19.1. The molecule has 0 atom stereocenters. The maximum absolute atomic E-state index is 11.8. The van der Waals surface area contributed by atoms with Gasteiger partial charge in [-0.1, -0.05) is 0 Å². The van der Waals surface area contributed by atoms with Crippen molar-refractivity contribution in [1.29, 1.82) is 0 Å². The minimum atomic E-state index is -0.274. The summed E-state index contributed by atoms with van der Waals surface area (Å²) in [7, 11) is 0. The highest BCUT2D eigenvalue weighted by Gasteiger charge is 2.11. The van der Waals surface area contributed by atoms with Gasteiger partial charge in [0, 0.05) is 31.7 Å². The van der Waals surface area contributed by atoms with Gasteiger partial charge in [-0.25, -0.2) is 4.39 Å². The van der Waals surface area contributed by atoms with Crippen molar-refractivity contribution < 1.29 is 4.39 Å². The average molecular weight is 190 g/mol. The lowest BCUT2D eigenvalue weighted by Crippen LogP contribution is -2.41. The first-order chi connectivity index (χ1) is 6.09. The third kappa shape index (κ3) is 5.99. The summed E-state index contributed by atoms with van der Waals surface area (Å²) in [5.41, 5.74) is 0. The van der Waals surface area contributed by atoms with Crippen LogP contribution in [-0.2, 0) is 0 Å².